The third-order valence-corrected chi connectivity index (χ3v) is 5.17. The average Bonchev–Trinajstić information content (AvgIpc) is 3.12. The maximum Gasteiger partial charge on any atom is 0.267 e. The van der Waals surface area contributed by atoms with Crippen LogP contribution in [0.2, 0.25) is 0 Å². The third-order valence-electron chi connectivity index (χ3n) is 4.07. The number of hydrogen-bond donors (Lipinski definition) is 1. The van der Waals surface area contributed by atoms with Crippen LogP contribution < -0.4 is 19.7 Å². The molecule has 2 aromatic rings. The fourth-order valence-electron chi connectivity index (χ4n) is 2.89. The number of benzene rings is 2. The summed E-state index contributed by atoms with van der Waals surface area (Å²) in [6.07, 6.45) is 1.87. The molecular weight excluding hydrogens is 324 g/mol. The lowest BCUT2D eigenvalue weighted by Gasteiger charge is -2.12. The van der Waals surface area contributed by atoms with Crippen molar-refractivity contribution >= 4 is 35.1 Å². The highest BCUT2D eigenvalue weighted by atomic mass is 32.2. The van der Waals surface area contributed by atoms with Crippen LogP contribution in [0.25, 0.3) is 6.08 Å². The molecule has 2 aliphatic rings. The topological polar surface area (TPSA) is 50.8 Å². The number of para-hydroxylation sites is 2. The Morgan fingerprint density at radius 1 is 1.17 bits per heavy atom. The van der Waals surface area contributed by atoms with Crippen LogP contribution in [0.4, 0.5) is 11.4 Å². The van der Waals surface area contributed by atoms with Crippen molar-refractivity contribution in [3.63, 3.8) is 0 Å². The summed E-state index contributed by atoms with van der Waals surface area (Å²) >= 11 is 1.51. The van der Waals surface area contributed by atoms with E-state index in [1.54, 1.807) is 19.1 Å². The summed E-state index contributed by atoms with van der Waals surface area (Å²) in [6, 6.07) is 13.4. The fraction of sp³-hybridized carbons (Fsp3) is 0.167. The molecule has 1 N–H and O–H groups in total. The Bertz CT molecular complexity index is 850. The van der Waals surface area contributed by atoms with E-state index >= 15 is 0 Å². The van der Waals surface area contributed by atoms with Crippen molar-refractivity contribution in [3.05, 3.63) is 52.9 Å². The van der Waals surface area contributed by atoms with Crippen LogP contribution >= 0.6 is 11.8 Å². The molecule has 1 amide bonds. The highest BCUT2D eigenvalue weighted by Gasteiger charge is 2.42. The van der Waals surface area contributed by atoms with Gasteiger partial charge in [0.1, 0.15) is 11.5 Å². The Morgan fingerprint density at radius 3 is 2.79 bits per heavy atom. The van der Waals surface area contributed by atoms with Gasteiger partial charge in [0.05, 0.1) is 30.5 Å². The molecule has 6 heteroatoms. The molecule has 2 heterocycles. The lowest BCUT2D eigenvalue weighted by molar-refractivity contribution is -0.114. The van der Waals surface area contributed by atoms with Crippen LogP contribution in [-0.2, 0) is 4.79 Å². The Hall–Kier alpha value is -2.60. The molecule has 1 saturated heterocycles. The number of methoxy groups -OCH3 is 2. The zero-order valence-electron chi connectivity index (χ0n) is 13.3. The van der Waals surface area contributed by atoms with Gasteiger partial charge in [-0.25, -0.2) is 0 Å². The zero-order valence-corrected chi connectivity index (χ0v) is 14.1. The van der Waals surface area contributed by atoms with Crippen molar-refractivity contribution in [1.29, 1.82) is 0 Å². The SMILES string of the molecule is COc1ccc(/C=C2\S[C@H]3Nc4ccccc4N3C2=O)c(OC)c1. The van der Waals surface area contributed by atoms with Gasteiger partial charge in [-0.3, -0.25) is 9.69 Å². The molecule has 5 nitrogen and oxygen atoms in total. The fourth-order valence-corrected chi connectivity index (χ4v) is 4.03. The van der Waals surface area contributed by atoms with E-state index in [0.29, 0.717) is 10.7 Å². The lowest BCUT2D eigenvalue weighted by Crippen LogP contribution is -2.31. The van der Waals surface area contributed by atoms with E-state index in [1.807, 2.05) is 48.5 Å². The van der Waals surface area contributed by atoms with Crippen LogP contribution in [0.5, 0.6) is 11.5 Å². The molecule has 2 aliphatic heterocycles. The van der Waals surface area contributed by atoms with Crippen LogP contribution in [0.1, 0.15) is 5.56 Å². The monoisotopic (exact) mass is 340 g/mol. The Morgan fingerprint density at radius 2 is 2.00 bits per heavy atom. The number of carbonyl (C=O) groups excluding carboxylic acids is 1. The second kappa shape index (κ2) is 5.79. The summed E-state index contributed by atoms with van der Waals surface area (Å²) in [6.45, 7) is 0. The molecule has 0 saturated carbocycles. The van der Waals surface area contributed by atoms with Gasteiger partial charge < -0.3 is 14.8 Å². The first-order chi connectivity index (χ1) is 11.7. The summed E-state index contributed by atoms with van der Waals surface area (Å²) in [4.78, 5) is 15.3. The minimum Gasteiger partial charge on any atom is -0.497 e. The minimum atomic E-state index is -0.0922. The van der Waals surface area contributed by atoms with Crippen molar-refractivity contribution in [2.75, 3.05) is 24.4 Å². The Balaban J connectivity index is 1.68. The normalized spacial score (nSPS) is 19.9. The summed E-state index contributed by atoms with van der Waals surface area (Å²) < 4.78 is 10.6. The largest absolute Gasteiger partial charge is 0.497 e. The number of nitrogens with one attached hydrogen (secondary N) is 1. The lowest BCUT2D eigenvalue weighted by atomic mass is 10.1. The average molecular weight is 340 g/mol. The summed E-state index contributed by atoms with van der Waals surface area (Å²) in [5.74, 6) is 1.40. The van der Waals surface area contributed by atoms with Crippen LogP contribution in [0, 0.1) is 0 Å². The van der Waals surface area contributed by atoms with Crippen LogP contribution in [-0.4, -0.2) is 25.6 Å². The second-order valence-corrected chi connectivity index (χ2v) is 6.55. The number of ether oxygens (including phenoxy) is 2. The molecular formula is C18H16N2O3S. The first kappa shape index (κ1) is 15.0. The number of nitrogens with zero attached hydrogens (tertiary/aromatic N) is 1. The van der Waals surface area contributed by atoms with Crippen LogP contribution in [0.15, 0.2) is 47.4 Å². The number of hydrogen-bond acceptors (Lipinski definition) is 5. The molecule has 1 fully saturated rings. The van der Waals surface area contributed by atoms with Crippen molar-refractivity contribution in [2.24, 2.45) is 0 Å². The maximum absolute atomic E-state index is 12.8. The van der Waals surface area contributed by atoms with Gasteiger partial charge in [0, 0.05) is 11.6 Å². The highest BCUT2D eigenvalue weighted by Crippen LogP contribution is 2.47. The molecule has 0 spiro atoms. The standard InChI is InChI=1S/C18H16N2O3S/c1-22-12-8-7-11(15(10-12)23-2)9-16-17(21)20-14-6-4-3-5-13(14)19-18(20)24-16/h3-10,18-19H,1-2H3/b16-9-/t18-/m0/s1. The molecule has 24 heavy (non-hydrogen) atoms. The van der Waals surface area contributed by atoms with Gasteiger partial charge >= 0.3 is 0 Å². The van der Waals surface area contributed by atoms with Gasteiger partial charge in [-0.1, -0.05) is 23.9 Å². The molecule has 1 atom stereocenters. The summed E-state index contributed by atoms with van der Waals surface area (Å²) in [7, 11) is 3.22. The number of anilines is 2. The quantitative estimate of drug-likeness (QED) is 0.866. The van der Waals surface area contributed by atoms with Crippen LogP contribution in [0.3, 0.4) is 0 Å². The maximum atomic E-state index is 12.8. The van der Waals surface area contributed by atoms with Gasteiger partial charge in [0.15, 0.2) is 5.50 Å². The highest BCUT2D eigenvalue weighted by molar-refractivity contribution is 8.05. The van der Waals surface area contributed by atoms with E-state index in [-0.39, 0.29) is 11.4 Å². The Kier molecular flexibility index (Phi) is 3.61. The van der Waals surface area contributed by atoms with Crippen molar-refractivity contribution < 1.29 is 14.3 Å². The zero-order chi connectivity index (χ0) is 16.7. The molecule has 0 unspecified atom stereocenters. The number of amides is 1. The molecule has 4 rings (SSSR count). The summed E-state index contributed by atoms with van der Waals surface area (Å²) in [5.41, 5.74) is 2.67. The molecule has 0 aliphatic carbocycles. The smallest absolute Gasteiger partial charge is 0.267 e. The van der Waals surface area contributed by atoms with Crippen molar-refractivity contribution in [3.8, 4) is 11.5 Å². The molecule has 0 aromatic heterocycles. The number of rotatable bonds is 3. The molecule has 0 bridgehead atoms. The predicted octanol–water partition coefficient (Wildman–Crippen LogP) is 3.53. The van der Waals surface area contributed by atoms with E-state index in [4.69, 9.17) is 9.47 Å². The first-order valence-corrected chi connectivity index (χ1v) is 8.39. The van der Waals surface area contributed by atoms with E-state index in [9.17, 15) is 4.79 Å². The van der Waals surface area contributed by atoms with Gasteiger partial charge in [0.2, 0.25) is 0 Å². The third kappa shape index (κ3) is 2.30. The van der Waals surface area contributed by atoms with E-state index < -0.39 is 0 Å². The van der Waals surface area contributed by atoms with Gasteiger partial charge in [-0.05, 0) is 30.3 Å². The van der Waals surface area contributed by atoms with E-state index in [1.165, 1.54) is 11.8 Å². The minimum absolute atomic E-state index is 0.000297. The second-order valence-electron chi connectivity index (χ2n) is 5.42. The number of thioether (sulfide) groups is 1. The summed E-state index contributed by atoms with van der Waals surface area (Å²) in [5, 5.41) is 3.37. The first-order valence-electron chi connectivity index (χ1n) is 7.51. The van der Waals surface area contributed by atoms with Crippen molar-refractivity contribution in [2.45, 2.75) is 5.50 Å². The van der Waals surface area contributed by atoms with Gasteiger partial charge in [0.25, 0.3) is 5.91 Å². The van der Waals surface area contributed by atoms with Crippen molar-refractivity contribution in [1.82, 2.24) is 0 Å². The molecule has 2 aromatic carbocycles. The van der Waals surface area contributed by atoms with E-state index in [2.05, 4.69) is 5.32 Å². The molecule has 122 valence electrons. The predicted molar refractivity (Wildman–Crippen MR) is 96.5 cm³/mol. The van der Waals surface area contributed by atoms with Gasteiger partial charge in [-0.15, -0.1) is 0 Å². The van der Waals surface area contributed by atoms with E-state index in [0.717, 1.165) is 22.7 Å². The number of fused-ring (bicyclic) bond motifs is 3. The number of carbonyl (C=O) groups is 1. The Labute approximate surface area is 144 Å². The van der Waals surface area contributed by atoms with Gasteiger partial charge in [-0.2, -0.15) is 0 Å². The molecule has 0 radical (unpaired) electrons.